The molecule has 2 fully saturated rings. The van der Waals surface area contributed by atoms with Crippen molar-refractivity contribution in [3.05, 3.63) is 41.7 Å². The highest BCUT2D eigenvalue weighted by Crippen LogP contribution is 2.41. The molecule has 0 spiro atoms. The topological polar surface area (TPSA) is 114 Å². The summed E-state index contributed by atoms with van der Waals surface area (Å²) in [5.41, 5.74) is 6.95. The maximum atomic E-state index is 13.0. The van der Waals surface area contributed by atoms with Gasteiger partial charge in [-0.15, -0.1) is 0 Å². The molecule has 0 saturated heterocycles. The maximum absolute atomic E-state index is 13.0. The fourth-order valence-corrected chi connectivity index (χ4v) is 4.38. The second-order valence-corrected chi connectivity index (χ2v) is 8.52. The maximum Gasteiger partial charge on any atom is 0.251 e. The molecule has 1 atom stereocenters. The zero-order valence-corrected chi connectivity index (χ0v) is 17.3. The zero-order chi connectivity index (χ0) is 21.1. The summed E-state index contributed by atoms with van der Waals surface area (Å²) in [5, 5.41) is 17.3. The van der Waals surface area contributed by atoms with Crippen LogP contribution in [0.2, 0.25) is 0 Å². The summed E-state index contributed by atoms with van der Waals surface area (Å²) in [6.45, 7) is 1.45. The molecular formula is C22H29N6O2+. The monoisotopic (exact) mass is 409 g/mol. The fourth-order valence-electron chi connectivity index (χ4n) is 4.38. The van der Waals surface area contributed by atoms with Gasteiger partial charge in [0.1, 0.15) is 11.6 Å². The molecule has 2 amide bonds. The van der Waals surface area contributed by atoms with Gasteiger partial charge >= 0.3 is 0 Å². The number of nitriles is 1. The van der Waals surface area contributed by atoms with Crippen molar-refractivity contribution >= 4 is 17.5 Å². The van der Waals surface area contributed by atoms with Crippen LogP contribution >= 0.6 is 0 Å². The highest BCUT2D eigenvalue weighted by molar-refractivity contribution is 5.95. The van der Waals surface area contributed by atoms with Crippen LogP contribution in [0, 0.1) is 17.2 Å². The normalized spacial score (nSPS) is 21.3. The van der Waals surface area contributed by atoms with Crippen LogP contribution in [-0.2, 0) is 4.79 Å². The van der Waals surface area contributed by atoms with Crippen LogP contribution in [0.4, 0.5) is 5.69 Å². The average Bonchev–Trinajstić information content (AvgIpc) is 3.41. The second-order valence-electron chi connectivity index (χ2n) is 8.52. The first kappa shape index (κ1) is 20.4. The van der Waals surface area contributed by atoms with Gasteiger partial charge in [-0.2, -0.15) is 5.26 Å². The van der Waals surface area contributed by atoms with E-state index in [1.807, 2.05) is 16.6 Å². The third-order valence-electron chi connectivity index (χ3n) is 6.28. The molecule has 2 saturated carbocycles. The molecule has 30 heavy (non-hydrogen) atoms. The Hall–Kier alpha value is -2.89. The van der Waals surface area contributed by atoms with E-state index in [1.165, 1.54) is 26.2 Å². The Labute approximate surface area is 176 Å². The molecule has 5 N–H and O–H groups in total. The lowest BCUT2D eigenvalue weighted by atomic mass is 9.82. The molecular weight excluding hydrogens is 380 g/mol. The lowest BCUT2D eigenvalue weighted by molar-refractivity contribution is -0.680. The van der Waals surface area contributed by atoms with E-state index in [2.05, 4.69) is 22.2 Å². The predicted octanol–water partition coefficient (Wildman–Crippen LogP) is 1.52. The molecule has 1 aliphatic heterocycles. The van der Waals surface area contributed by atoms with E-state index in [4.69, 9.17) is 0 Å². The van der Waals surface area contributed by atoms with E-state index >= 15 is 0 Å². The standard InChI is InChI=1S/C22H28N6O2/c1-15(29)24-18-9-7-17(8-10-18)21(30)25-20(16-5-3-2-4-6-16)19-13-28(27-26-19)22(14-23)11-12-22/h7-10,13,16,20,26-27H,2-6,11-12H2,1H3,(H,24,29)(H,25,30)/p+1/t20-/m0/s1. The number of quaternary nitrogens is 1. The molecule has 158 valence electrons. The first-order valence-electron chi connectivity index (χ1n) is 10.7. The summed E-state index contributed by atoms with van der Waals surface area (Å²) in [5.74, 6) is 0.105. The number of anilines is 1. The summed E-state index contributed by atoms with van der Waals surface area (Å²) in [6.07, 6.45) is 9.47. The van der Waals surface area contributed by atoms with E-state index in [0.717, 1.165) is 31.4 Å². The number of benzene rings is 1. The van der Waals surface area contributed by atoms with Crippen molar-refractivity contribution in [2.24, 2.45) is 5.92 Å². The highest BCUT2D eigenvalue weighted by atomic mass is 16.2. The van der Waals surface area contributed by atoms with Gasteiger partial charge in [0.25, 0.3) is 5.91 Å². The van der Waals surface area contributed by atoms with Crippen LogP contribution in [0.15, 0.2) is 36.2 Å². The number of nitrogens with zero attached hydrogens (tertiary/aromatic N) is 2. The number of hydrogen-bond donors (Lipinski definition) is 4. The van der Waals surface area contributed by atoms with Crippen molar-refractivity contribution in [2.75, 3.05) is 5.32 Å². The van der Waals surface area contributed by atoms with Gasteiger partial charge in [0, 0.05) is 18.2 Å². The Balaban J connectivity index is 1.50. The Morgan fingerprint density at radius 3 is 2.53 bits per heavy atom. The van der Waals surface area contributed by atoms with Gasteiger partial charge in [0.15, 0.2) is 5.70 Å². The minimum atomic E-state index is -0.446. The van der Waals surface area contributed by atoms with E-state index < -0.39 is 5.54 Å². The van der Waals surface area contributed by atoms with Crippen molar-refractivity contribution < 1.29 is 15.0 Å². The average molecular weight is 410 g/mol. The van der Waals surface area contributed by atoms with Crippen molar-refractivity contribution in [2.45, 2.75) is 63.5 Å². The molecule has 1 aromatic rings. The van der Waals surface area contributed by atoms with Crippen LogP contribution in [0.5, 0.6) is 0 Å². The first-order valence-corrected chi connectivity index (χ1v) is 10.7. The molecule has 8 heteroatoms. The van der Waals surface area contributed by atoms with E-state index in [9.17, 15) is 14.9 Å². The number of carbonyl (C=O) groups is 2. The SMILES string of the molecule is CC(=O)Nc1ccc(C(=O)N[C@H](C2=CN(C3(C#N)CC3)N[NH2+]2)C2CCCCC2)cc1. The Morgan fingerprint density at radius 2 is 1.93 bits per heavy atom. The van der Waals surface area contributed by atoms with Crippen LogP contribution in [0.3, 0.4) is 0 Å². The third-order valence-corrected chi connectivity index (χ3v) is 6.28. The van der Waals surface area contributed by atoms with Crippen molar-refractivity contribution in [3.8, 4) is 6.07 Å². The third kappa shape index (κ3) is 4.32. The lowest BCUT2D eigenvalue weighted by Gasteiger charge is -2.29. The summed E-state index contributed by atoms with van der Waals surface area (Å²) in [7, 11) is 0. The largest absolute Gasteiger partial charge is 0.339 e. The van der Waals surface area contributed by atoms with Crippen molar-refractivity contribution in [3.63, 3.8) is 0 Å². The smallest absolute Gasteiger partial charge is 0.251 e. The number of hydrazine groups is 1. The van der Waals surface area contributed by atoms with Crippen LogP contribution in [0.25, 0.3) is 0 Å². The van der Waals surface area contributed by atoms with Gasteiger partial charge in [-0.25, -0.2) is 10.4 Å². The molecule has 1 aromatic carbocycles. The molecule has 4 rings (SSSR count). The van der Waals surface area contributed by atoms with Crippen molar-refractivity contribution in [1.29, 1.82) is 5.26 Å². The number of carbonyl (C=O) groups excluding carboxylic acids is 2. The summed E-state index contributed by atoms with van der Waals surface area (Å²) >= 11 is 0. The number of rotatable bonds is 6. The van der Waals surface area contributed by atoms with E-state index in [1.54, 1.807) is 24.3 Å². The predicted molar refractivity (Wildman–Crippen MR) is 111 cm³/mol. The zero-order valence-electron chi connectivity index (χ0n) is 17.3. The Bertz CT molecular complexity index is 878. The fraction of sp³-hybridized carbons (Fsp3) is 0.500. The van der Waals surface area contributed by atoms with E-state index in [0.29, 0.717) is 17.2 Å². The highest BCUT2D eigenvalue weighted by Gasteiger charge is 2.51. The Morgan fingerprint density at radius 1 is 1.23 bits per heavy atom. The lowest BCUT2D eigenvalue weighted by Crippen LogP contribution is -2.93. The van der Waals surface area contributed by atoms with Gasteiger partial charge in [-0.05, 0) is 55.9 Å². The Kier molecular flexibility index (Phi) is 5.75. The molecule has 0 unspecified atom stereocenters. The van der Waals surface area contributed by atoms with Gasteiger partial charge in [0.2, 0.25) is 5.91 Å². The summed E-state index contributed by atoms with van der Waals surface area (Å²) in [4.78, 5) is 24.2. The first-order chi connectivity index (χ1) is 14.5. The minimum absolute atomic E-state index is 0.0974. The molecule has 2 aliphatic carbocycles. The summed E-state index contributed by atoms with van der Waals surface area (Å²) in [6, 6.07) is 9.23. The molecule has 3 aliphatic rings. The van der Waals surface area contributed by atoms with Gasteiger partial charge < -0.3 is 10.6 Å². The van der Waals surface area contributed by atoms with Crippen molar-refractivity contribution in [1.82, 2.24) is 15.9 Å². The quantitative estimate of drug-likeness (QED) is 0.532. The molecule has 0 radical (unpaired) electrons. The molecule has 8 nitrogen and oxygen atoms in total. The second kappa shape index (κ2) is 8.46. The van der Waals surface area contributed by atoms with Crippen LogP contribution < -0.4 is 21.6 Å². The number of amides is 2. The number of nitrogens with two attached hydrogens (primary N) is 1. The van der Waals surface area contributed by atoms with Gasteiger partial charge in [-0.1, -0.05) is 24.8 Å². The van der Waals surface area contributed by atoms with Gasteiger partial charge in [-0.3, -0.25) is 9.59 Å². The van der Waals surface area contributed by atoms with Crippen LogP contribution in [-0.4, -0.2) is 28.4 Å². The molecule has 1 heterocycles. The van der Waals surface area contributed by atoms with E-state index in [-0.39, 0.29) is 17.9 Å². The minimum Gasteiger partial charge on any atom is -0.339 e. The number of hydrogen-bond acceptors (Lipinski definition) is 5. The number of nitrogens with one attached hydrogen (secondary N) is 3. The molecule has 0 bridgehead atoms. The summed E-state index contributed by atoms with van der Waals surface area (Å²) < 4.78 is 0. The van der Waals surface area contributed by atoms with Gasteiger partial charge in [0.05, 0.1) is 12.3 Å². The molecule has 0 aromatic heterocycles. The van der Waals surface area contributed by atoms with Crippen LogP contribution in [0.1, 0.15) is 62.2 Å².